The van der Waals surface area contributed by atoms with Gasteiger partial charge in [0.1, 0.15) is 0 Å². The maximum atomic E-state index is 2.79. The summed E-state index contributed by atoms with van der Waals surface area (Å²) in [4.78, 5) is 2.79. The van der Waals surface area contributed by atoms with E-state index in [0.29, 0.717) is 0 Å². The third-order valence-electron chi connectivity index (χ3n) is 18.6. The van der Waals surface area contributed by atoms with Crippen LogP contribution in [0.15, 0.2) is 133 Å². The quantitative estimate of drug-likeness (QED) is 0.149. The topological polar surface area (TPSA) is 8.17 Å². The van der Waals surface area contributed by atoms with E-state index < -0.39 is 0 Å². The lowest BCUT2D eigenvalue weighted by Gasteiger charge is -2.44. The minimum atomic E-state index is -0.262. The van der Waals surface area contributed by atoms with Crippen LogP contribution in [0.1, 0.15) is 154 Å². The maximum absolute atomic E-state index is 2.79. The van der Waals surface area contributed by atoms with Crippen molar-refractivity contribution in [2.24, 2.45) is 0 Å². The molecule has 5 aliphatic rings. The third-order valence-corrected chi connectivity index (χ3v) is 18.6. The van der Waals surface area contributed by atoms with Crippen molar-refractivity contribution in [1.29, 1.82) is 0 Å². The molecule has 0 fully saturated rings. The standard InChI is InChI=1S/C69H67BN2/c1-64(2,3)38-24-28-41(29-25-38)72-56-36-52-45(44-32-39(65(4,5)6)26-30-51(44)68(52,12)13)34-48(56)59-58-43-21-17-19-23-50(43)69(14,15)61(58)60-47-33-40(66(7,8)9)27-31-55(47)71-57-37-53-46(35-54(57)70(72)62(59)63(60)71)42-20-16-18-22-49(42)67(53,10)11/h16-37H,1-15H3. The summed E-state index contributed by atoms with van der Waals surface area (Å²) in [6.45, 7) is 35.9. The van der Waals surface area contributed by atoms with Gasteiger partial charge in [0.05, 0.1) is 11.0 Å². The Bertz CT molecular complexity index is 3940. The monoisotopic (exact) mass is 935 g/mol. The van der Waals surface area contributed by atoms with Crippen LogP contribution in [0.2, 0.25) is 0 Å². The zero-order chi connectivity index (χ0) is 50.3. The van der Waals surface area contributed by atoms with Crippen LogP contribution >= 0.6 is 0 Å². The van der Waals surface area contributed by atoms with Gasteiger partial charge in [0.25, 0.3) is 0 Å². The molecule has 0 atom stereocenters. The highest BCUT2D eigenvalue weighted by Gasteiger charge is 2.52. The first-order valence-electron chi connectivity index (χ1n) is 26.7. The molecule has 1 aromatic heterocycles. The van der Waals surface area contributed by atoms with Crippen LogP contribution in [0.4, 0.5) is 11.4 Å². The summed E-state index contributed by atoms with van der Waals surface area (Å²) in [6, 6.07) is 53.7. The van der Waals surface area contributed by atoms with E-state index in [9.17, 15) is 0 Å². The van der Waals surface area contributed by atoms with Gasteiger partial charge in [-0.2, -0.15) is 0 Å². The molecule has 3 heteroatoms. The molecule has 3 heterocycles. The number of hydrogen-bond acceptors (Lipinski definition) is 1. The van der Waals surface area contributed by atoms with Crippen LogP contribution in [0.5, 0.6) is 0 Å². The molecular formula is C69H67BN2. The highest BCUT2D eigenvalue weighted by molar-refractivity contribution is 6.94. The largest absolute Gasteiger partial charge is 0.376 e. The smallest absolute Gasteiger partial charge is 0.333 e. The second kappa shape index (κ2) is 13.5. The Morgan fingerprint density at radius 3 is 1.60 bits per heavy atom. The number of fused-ring (bicyclic) bond motifs is 19. The Labute approximate surface area is 428 Å². The summed E-state index contributed by atoms with van der Waals surface area (Å²) in [5.41, 5.74) is 32.3. The lowest BCUT2D eigenvalue weighted by molar-refractivity contribution is 0.589. The fraction of sp³-hybridized carbons (Fsp3) is 0.304. The van der Waals surface area contributed by atoms with Crippen molar-refractivity contribution in [3.8, 4) is 50.2 Å². The SMILES string of the molecule is CC(C)(C)c1ccc(N2B3c4cc5c(cc4-n4c6ccc(C(C)(C)C)cc6c6c7c(c(c3c64)-c3cc4c(cc32)C(C)(C)c2ccc(C(C)(C)C)cc2-4)-c2ccccc2C7(C)C)C(C)(C)c2ccccc2-5)cc1. The fourth-order valence-electron chi connectivity index (χ4n) is 14.6. The normalized spacial score (nSPS) is 16.8. The van der Waals surface area contributed by atoms with E-state index in [-0.39, 0.29) is 39.3 Å². The molecule has 0 unspecified atom stereocenters. The van der Waals surface area contributed by atoms with Crippen molar-refractivity contribution >= 4 is 51.0 Å². The number of aromatic nitrogens is 1. The van der Waals surface area contributed by atoms with Crippen molar-refractivity contribution in [1.82, 2.24) is 4.57 Å². The summed E-state index contributed by atoms with van der Waals surface area (Å²) >= 11 is 0. The molecule has 0 spiro atoms. The highest BCUT2D eigenvalue weighted by atomic mass is 15.1. The number of anilines is 2. The Kier molecular flexibility index (Phi) is 8.29. The third kappa shape index (κ3) is 5.43. The zero-order valence-corrected chi connectivity index (χ0v) is 45.2. The number of nitrogens with zero attached hydrogens (tertiary/aromatic N) is 2. The van der Waals surface area contributed by atoms with Gasteiger partial charge in [-0.1, -0.05) is 195 Å². The lowest BCUT2D eigenvalue weighted by atomic mass is 9.43. The van der Waals surface area contributed by atoms with Crippen LogP contribution in [-0.2, 0) is 32.5 Å². The predicted octanol–water partition coefficient (Wildman–Crippen LogP) is 16.8. The number of benzene rings is 8. The van der Waals surface area contributed by atoms with Gasteiger partial charge in [-0.05, 0) is 159 Å². The first-order valence-corrected chi connectivity index (χ1v) is 26.7. The second-order valence-corrected chi connectivity index (χ2v) is 27.0. The molecule has 0 bridgehead atoms. The van der Waals surface area contributed by atoms with Crippen molar-refractivity contribution < 1.29 is 0 Å². The first-order chi connectivity index (χ1) is 33.9. The second-order valence-electron chi connectivity index (χ2n) is 27.0. The minimum Gasteiger partial charge on any atom is -0.376 e. The molecule has 0 saturated carbocycles. The summed E-state index contributed by atoms with van der Waals surface area (Å²) in [5, 5.41) is 2.77. The maximum Gasteiger partial charge on any atom is 0.333 e. The van der Waals surface area contributed by atoms with Crippen LogP contribution in [0.3, 0.4) is 0 Å². The van der Waals surface area contributed by atoms with Crippen LogP contribution in [0.25, 0.3) is 72.0 Å². The van der Waals surface area contributed by atoms with Gasteiger partial charge in [-0.15, -0.1) is 0 Å². The van der Waals surface area contributed by atoms with E-state index in [4.69, 9.17) is 0 Å². The minimum absolute atomic E-state index is 0.0193. The molecule has 2 nitrogen and oxygen atoms in total. The van der Waals surface area contributed by atoms with Crippen molar-refractivity contribution in [3.63, 3.8) is 0 Å². The molecule has 8 aromatic carbocycles. The van der Waals surface area contributed by atoms with Gasteiger partial charge < -0.3 is 9.38 Å². The number of hydrogen-bond donors (Lipinski definition) is 0. The van der Waals surface area contributed by atoms with E-state index in [1.54, 1.807) is 0 Å². The fourth-order valence-corrected chi connectivity index (χ4v) is 14.6. The molecule has 0 radical (unpaired) electrons. The van der Waals surface area contributed by atoms with Gasteiger partial charge in [0.15, 0.2) is 0 Å². The summed E-state index contributed by atoms with van der Waals surface area (Å²) in [7, 11) is 0. The van der Waals surface area contributed by atoms with Gasteiger partial charge >= 0.3 is 6.85 Å². The van der Waals surface area contributed by atoms with E-state index in [1.807, 2.05) is 0 Å². The van der Waals surface area contributed by atoms with Crippen molar-refractivity contribution in [2.45, 2.75) is 136 Å². The van der Waals surface area contributed by atoms with Crippen molar-refractivity contribution in [3.05, 3.63) is 184 Å². The Hall–Kier alpha value is -6.58. The van der Waals surface area contributed by atoms with Crippen LogP contribution < -0.4 is 15.7 Å². The molecule has 356 valence electrons. The molecule has 2 aliphatic heterocycles. The Balaban J connectivity index is 1.22. The van der Waals surface area contributed by atoms with Gasteiger partial charge in [0, 0.05) is 49.6 Å². The van der Waals surface area contributed by atoms with E-state index >= 15 is 0 Å². The Morgan fingerprint density at radius 1 is 0.417 bits per heavy atom. The lowest BCUT2D eigenvalue weighted by Crippen LogP contribution is -2.61. The van der Waals surface area contributed by atoms with E-state index in [2.05, 4.69) is 247 Å². The average molecular weight is 935 g/mol. The van der Waals surface area contributed by atoms with Crippen molar-refractivity contribution in [2.75, 3.05) is 4.81 Å². The molecule has 0 amide bonds. The Morgan fingerprint density at radius 2 is 0.944 bits per heavy atom. The van der Waals surface area contributed by atoms with E-state index in [1.165, 1.54) is 144 Å². The van der Waals surface area contributed by atoms with Crippen LogP contribution in [-0.4, -0.2) is 11.4 Å². The first kappa shape index (κ1) is 44.2. The highest BCUT2D eigenvalue weighted by Crippen LogP contribution is 2.62. The predicted molar refractivity (Wildman–Crippen MR) is 309 cm³/mol. The summed E-state index contributed by atoms with van der Waals surface area (Å²) in [6.07, 6.45) is 0. The zero-order valence-electron chi connectivity index (χ0n) is 45.2. The van der Waals surface area contributed by atoms with Gasteiger partial charge in [0.2, 0.25) is 0 Å². The molecular weight excluding hydrogens is 868 g/mol. The molecule has 0 saturated heterocycles. The molecule has 72 heavy (non-hydrogen) atoms. The summed E-state index contributed by atoms with van der Waals surface area (Å²) in [5.74, 6) is 0. The van der Waals surface area contributed by atoms with E-state index in [0.717, 1.165) is 0 Å². The average Bonchev–Trinajstić information content (AvgIpc) is 3.95. The number of rotatable bonds is 1. The molecule has 14 rings (SSSR count). The van der Waals surface area contributed by atoms with Crippen LogP contribution in [0, 0.1) is 0 Å². The molecule has 9 aromatic rings. The molecule has 3 aliphatic carbocycles. The molecule has 0 N–H and O–H groups in total. The summed E-state index contributed by atoms with van der Waals surface area (Å²) < 4.78 is 2.74. The van der Waals surface area contributed by atoms with Gasteiger partial charge in [-0.25, -0.2) is 0 Å². The van der Waals surface area contributed by atoms with Gasteiger partial charge in [-0.3, -0.25) is 0 Å².